The molecular weight excluding hydrogens is 356 g/mol. The second-order valence-electron chi connectivity index (χ2n) is 5.30. The number of halogens is 2. The van der Waals surface area contributed by atoms with Crippen molar-refractivity contribution < 1.29 is 9.53 Å². The van der Waals surface area contributed by atoms with Crippen LogP contribution < -0.4 is 15.8 Å². The van der Waals surface area contributed by atoms with Crippen LogP contribution in [0.3, 0.4) is 0 Å². The maximum absolute atomic E-state index is 11.9. The van der Waals surface area contributed by atoms with Crippen LogP contribution in [0.1, 0.15) is 31.2 Å². The van der Waals surface area contributed by atoms with Crippen molar-refractivity contribution in [3.8, 4) is 5.75 Å². The molecule has 0 aromatic heterocycles. The first-order valence-electron chi connectivity index (χ1n) is 6.95. The molecule has 21 heavy (non-hydrogen) atoms. The van der Waals surface area contributed by atoms with Crippen LogP contribution in [0.4, 0.5) is 0 Å². The normalized spacial score (nSPS) is 20.7. The topological polar surface area (TPSA) is 64.3 Å². The van der Waals surface area contributed by atoms with Gasteiger partial charge in [0, 0.05) is 19.0 Å². The summed E-state index contributed by atoms with van der Waals surface area (Å²) in [6.07, 6.45) is 3.80. The number of hydrogen-bond donors (Lipinski definition) is 2. The van der Waals surface area contributed by atoms with Gasteiger partial charge < -0.3 is 15.8 Å². The van der Waals surface area contributed by atoms with Gasteiger partial charge in [0.15, 0.2) is 0 Å². The van der Waals surface area contributed by atoms with E-state index in [2.05, 4.69) is 21.2 Å². The summed E-state index contributed by atoms with van der Waals surface area (Å²) in [6.45, 7) is 0.531. The molecule has 1 aliphatic carbocycles. The quantitative estimate of drug-likeness (QED) is 0.829. The number of nitrogens with one attached hydrogen (secondary N) is 1. The van der Waals surface area contributed by atoms with E-state index in [1.165, 1.54) is 0 Å². The number of rotatable bonds is 5. The average molecular weight is 378 g/mol. The zero-order chi connectivity index (χ0) is 14.5. The lowest BCUT2D eigenvalue weighted by Crippen LogP contribution is -2.31. The monoisotopic (exact) mass is 376 g/mol. The number of hydrogen-bond acceptors (Lipinski definition) is 3. The van der Waals surface area contributed by atoms with Crippen LogP contribution in [0.2, 0.25) is 0 Å². The standard InChI is InChI=1S/C15H21BrN2O2.ClH/c1-20-14-6-5-10(7-12(14)16)9-18-15(19)8-11-3-2-4-13(11)17;/h5-7,11,13H,2-4,8-9,17H2,1H3,(H,18,19);1H/t11-,13+;/m0./s1. The van der Waals surface area contributed by atoms with Crippen LogP contribution >= 0.6 is 28.3 Å². The van der Waals surface area contributed by atoms with Crippen molar-refractivity contribution >= 4 is 34.2 Å². The van der Waals surface area contributed by atoms with Crippen LogP contribution in [-0.4, -0.2) is 19.1 Å². The average Bonchev–Trinajstić information content (AvgIpc) is 2.82. The zero-order valence-electron chi connectivity index (χ0n) is 12.1. The Labute approximate surface area is 140 Å². The van der Waals surface area contributed by atoms with Crippen LogP contribution in [0.5, 0.6) is 5.75 Å². The molecule has 2 atom stereocenters. The lowest BCUT2D eigenvalue weighted by molar-refractivity contribution is -0.122. The van der Waals surface area contributed by atoms with Gasteiger partial charge in [-0.1, -0.05) is 12.5 Å². The summed E-state index contributed by atoms with van der Waals surface area (Å²) in [5.41, 5.74) is 7.03. The third-order valence-electron chi connectivity index (χ3n) is 3.87. The van der Waals surface area contributed by atoms with Crippen LogP contribution in [0.25, 0.3) is 0 Å². The Hall–Kier alpha value is -0.780. The molecule has 0 radical (unpaired) electrons. The van der Waals surface area contributed by atoms with Gasteiger partial charge in [-0.25, -0.2) is 0 Å². The predicted octanol–water partition coefficient (Wildman–Crippen LogP) is 3.01. The summed E-state index contributed by atoms with van der Waals surface area (Å²) >= 11 is 3.44. The van der Waals surface area contributed by atoms with Crippen molar-refractivity contribution in [2.75, 3.05) is 7.11 Å². The summed E-state index contributed by atoms with van der Waals surface area (Å²) in [5.74, 6) is 1.22. The lowest BCUT2D eigenvalue weighted by Gasteiger charge is -2.15. The highest BCUT2D eigenvalue weighted by Crippen LogP contribution is 2.27. The van der Waals surface area contributed by atoms with E-state index in [9.17, 15) is 4.79 Å². The third-order valence-corrected chi connectivity index (χ3v) is 4.49. The summed E-state index contributed by atoms with van der Waals surface area (Å²) < 4.78 is 6.07. The van der Waals surface area contributed by atoms with Crippen molar-refractivity contribution in [2.24, 2.45) is 11.7 Å². The maximum atomic E-state index is 11.9. The Balaban J connectivity index is 0.00000220. The second-order valence-corrected chi connectivity index (χ2v) is 6.16. The Bertz CT molecular complexity index is 485. The van der Waals surface area contributed by atoms with Gasteiger partial charge in [-0.05, 0) is 52.4 Å². The maximum Gasteiger partial charge on any atom is 0.220 e. The molecule has 0 spiro atoms. The number of nitrogens with two attached hydrogens (primary N) is 1. The first-order valence-corrected chi connectivity index (χ1v) is 7.74. The number of carbonyl (C=O) groups is 1. The first-order chi connectivity index (χ1) is 9.60. The van der Waals surface area contributed by atoms with E-state index in [1.807, 2.05) is 18.2 Å². The smallest absolute Gasteiger partial charge is 0.220 e. The predicted molar refractivity (Wildman–Crippen MR) is 89.7 cm³/mol. The van der Waals surface area contributed by atoms with E-state index in [4.69, 9.17) is 10.5 Å². The highest BCUT2D eigenvalue weighted by molar-refractivity contribution is 9.10. The fraction of sp³-hybridized carbons (Fsp3) is 0.533. The van der Waals surface area contributed by atoms with Gasteiger partial charge in [-0.2, -0.15) is 0 Å². The minimum Gasteiger partial charge on any atom is -0.496 e. The van der Waals surface area contributed by atoms with Crippen molar-refractivity contribution in [3.05, 3.63) is 28.2 Å². The Morgan fingerprint density at radius 2 is 2.24 bits per heavy atom. The largest absolute Gasteiger partial charge is 0.496 e. The molecule has 1 amide bonds. The molecule has 0 bridgehead atoms. The minimum atomic E-state index is 0. The molecule has 2 rings (SSSR count). The van der Waals surface area contributed by atoms with Gasteiger partial charge in [0.1, 0.15) is 5.75 Å². The van der Waals surface area contributed by atoms with Gasteiger partial charge in [0.25, 0.3) is 0 Å². The van der Waals surface area contributed by atoms with E-state index in [0.29, 0.717) is 18.9 Å². The summed E-state index contributed by atoms with van der Waals surface area (Å²) in [4.78, 5) is 11.9. The van der Waals surface area contributed by atoms with Crippen LogP contribution in [0.15, 0.2) is 22.7 Å². The summed E-state index contributed by atoms with van der Waals surface area (Å²) in [7, 11) is 1.63. The molecule has 1 aliphatic rings. The number of benzene rings is 1. The molecule has 0 saturated heterocycles. The van der Waals surface area contributed by atoms with Gasteiger partial charge >= 0.3 is 0 Å². The van der Waals surface area contributed by atoms with Crippen molar-refractivity contribution in [1.29, 1.82) is 0 Å². The molecule has 1 fully saturated rings. The molecule has 3 N–H and O–H groups in total. The molecule has 6 heteroatoms. The number of ether oxygens (including phenoxy) is 1. The fourth-order valence-corrected chi connectivity index (χ4v) is 3.24. The van der Waals surface area contributed by atoms with E-state index >= 15 is 0 Å². The van der Waals surface area contributed by atoms with Gasteiger partial charge in [0.2, 0.25) is 5.91 Å². The molecule has 1 saturated carbocycles. The highest BCUT2D eigenvalue weighted by Gasteiger charge is 2.25. The lowest BCUT2D eigenvalue weighted by atomic mass is 10.00. The summed E-state index contributed by atoms with van der Waals surface area (Å²) in [5, 5.41) is 2.95. The molecule has 118 valence electrons. The number of carbonyl (C=O) groups excluding carboxylic acids is 1. The van der Waals surface area contributed by atoms with Crippen molar-refractivity contribution in [1.82, 2.24) is 5.32 Å². The Morgan fingerprint density at radius 1 is 1.48 bits per heavy atom. The van der Waals surface area contributed by atoms with Gasteiger partial charge in [-0.3, -0.25) is 4.79 Å². The Kier molecular flexibility index (Phi) is 7.49. The molecule has 4 nitrogen and oxygen atoms in total. The van der Waals surface area contributed by atoms with Gasteiger partial charge in [-0.15, -0.1) is 12.4 Å². The second kappa shape index (κ2) is 8.61. The molecule has 1 aromatic carbocycles. The van der Waals surface area contributed by atoms with Gasteiger partial charge in [0.05, 0.1) is 11.6 Å². The molecule has 0 aliphatic heterocycles. The van der Waals surface area contributed by atoms with Crippen LogP contribution in [-0.2, 0) is 11.3 Å². The SMILES string of the molecule is COc1ccc(CNC(=O)C[C@@H]2CCC[C@H]2N)cc1Br.Cl. The van der Waals surface area contributed by atoms with Crippen molar-refractivity contribution in [3.63, 3.8) is 0 Å². The summed E-state index contributed by atoms with van der Waals surface area (Å²) in [6, 6.07) is 5.99. The Morgan fingerprint density at radius 3 is 2.81 bits per heavy atom. The molecule has 1 aromatic rings. The van der Waals surface area contributed by atoms with E-state index < -0.39 is 0 Å². The highest BCUT2D eigenvalue weighted by atomic mass is 79.9. The molecule has 0 unspecified atom stereocenters. The van der Waals surface area contributed by atoms with E-state index in [-0.39, 0.29) is 24.4 Å². The number of methoxy groups -OCH3 is 1. The molecule has 0 heterocycles. The number of amides is 1. The fourth-order valence-electron chi connectivity index (χ4n) is 2.65. The first kappa shape index (κ1) is 18.3. The third kappa shape index (κ3) is 5.16. The van der Waals surface area contributed by atoms with E-state index in [0.717, 1.165) is 35.0 Å². The minimum absolute atomic E-state index is 0. The van der Waals surface area contributed by atoms with Crippen molar-refractivity contribution in [2.45, 2.75) is 38.3 Å². The zero-order valence-corrected chi connectivity index (χ0v) is 14.5. The molecular formula is C15H22BrClN2O2. The van der Waals surface area contributed by atoms with E-state index in [1.54, 1.807) is 7.11 Å². The van der Waals surface area contributed by atoms with Crippen LogP contribution in [0, 0.1) is 5.92 Å².